The molecule has 0 atom stereocenters. The summed E-state index contributed by atoms with van der Waals surface area (Å²) in [6.07, 6.45) is 2.80. The van der Waals surface area contributed by atoms with Gasteiger partial charge in [0.15, 0.2) is 0 Å². The van der Waals surface area contributed by atoms with E-state index in [1.165, 1.54) is 25.9 Å². The molecule has 1 fully saturated rings. The van der Waals surface area contributed by atoms with E-state index < -0.39 is 0 Å². The minimum absolute atomic E-state index is 0.413. The van der Waals surface area contributed by atoms with Crippen molar-refractivity contribution < 1.29 is 0 Å². The molecule has 1 aliphatic rings. The Labute approximate surface area is 58.0 Å². The minimum atomic E-state index is 0.413. The molecule has 1 saturated heterocycles. The van der Waals surface area contributed by atoms with Crippen molar-refractivity contribution in [3.05, 3.63) is 0 Å². The maximum Gasteiger partial charge on any atom is 0.0125 e. The van der Waals surface area contributed by atoms with Gasteiger partial charge in [0, 0.05) is 5.54 Å². The van der Waals surface area contributed by atoms with Crippen molar-refractivity contribution in [3.8, 4) is 0 Å². The maximum absolute atomic E-state index is 2.55. The topological polar surface area (TPSA) is 3.24 Å². The van der Waals surface area contributed by atoms with E-state index in [2.05, 4.69) is 25.7 Å². The van der Waals surface area contributed by atoms with Crippen molar-refractivity contribution in [1.29, 1.82) is 0 Å². The first-order chi connectivity index (χ1) is 4.11. The van der Waals surface area contributed by atoms with E-state index in [4.69, 9.17) is 0 Å². The lowest BCUT2D eigenvalue weighted by Crippen LogP contribution is -2.38. The van der Waals surface area contributed by atoms with Gasteiger partial charge in [-0.1, -0.05) is 0 Å². The van der Waals surface area contributed by atoms with Crippen LogP contribution >= 0.6 is 0 Å². The molecule has 0 amide bonds. The highest BCUT2D eigenvalue weighted by Crippen LogP contribution is 2.19. The Morgan fingerprint density at radius 2 is 1.44 bits per heavy atom. The third-order valence-corrected chi connectivity index (χ3v) is 2.05. The molecule has 0 aromatic rings. The van der Waals surface area contributed by atoms with Gasteiger partial charge in [0.05, 0.1) is 0 Å². The summed E-state index contributed by atoms with van der Waals surface area (Å²) in [5, 5.41) is 0. The third kappa shape index (κ3) is 1.68. The molecule has 0 N–H and O–H groups in total. The molecule has 0 aromatic carbocycles. The molecule has 1 heterocycles. The summed E-state index contributed by atoms with van der Waals surface area (Å²) in [5.41, 5.74) is 0.413. The molecule has 1 nitrogen and oxygen atoms in total. The Balaban J connectivity index is 2.42. The van der Waals surface area contributed by atoms with E-state index in [1.54, 1.807) is 0 Å². The summed E-state index contributed by atoms with van der Waals surface area (Å²) in [7, 11) is 0. The normalized spacial score (nSPS) is 23.0. The van der Waals surface area contributed by atoms with Crippen LogP contribution < -0.4 is 0 Å². The summed E-state index contributed by atoms with van der Waals surface area (Å²) in [6, 6.07) is 0. The number of hydrogen-bond acceptors (Lipinski definition) is 1. The zero-order chi connectivity index (χ0) is 6.91. The van der Waals surface area contributed by atoms with E-state index in [-0.39, 0.29) is 0 Å². The highest BCUT2D eigenvalue weighted by atomic mass is 15.2. The monoisotopic (exact) mass is 127 g/mol. The molecule has 0 spiro atoms. The van der Waals surface area contributed by atoms with Crippen LogP contribution in [0.25, 0.3) is 0 Å². The molecule has 9 heavy (non-hydrogen) atoms. The van der Waals surface area contributed by atoms with Crippen LogP contribution in [0.15, 0.2) is 0 Å². The van der Waals surface area contributed by atoms with Crippen molar-refractivity contribution in [2.24, 2.45) is 0 Å². The maximum atomic E-state index is 2.55. The van der Waals surface area contributed by atoms with Gasteiger partial charge in [-0.15, -0.1) is 0 Å². The van der Waals surface area contributed by atoms with Crippen molar-refractivity contribution in [2.75, 3.05) is 13.1 Å². The van der Waals surface area contributed by atoms with Gasteiger partial charge in [-0.25, -0.2) is 0 Å². The minimum Gasteiger partial charge on any atom is -0.298 e. The number of likely N-dealkylation sites (tertiary alicyclic amines) is 1. The standard InChI is InChI=1S/C8H17N/c1-8(2,3)9-6-4-5-7-9/h4-7H2,1-3H3. The molecule has 1 heteroatoms. The summed E-state index contributed by atoms with van der Waals surface area (Å²) in [4.78, 5) is 2.55. The van der Waals surface area contributed by atoms with E-state index in [0.717, 1.165) is 0 Å². The predicted molar refractivity (Wildman–Crippen MR) is 40.6 cm³/mol. The number of hydrogen-bond donors (Lipinski definition) is 0. The smallest absolute Gasteiger partial charge is 0.0125 e. The molecule has 0 aliphatic carbocycles. The Morgan fingerprint density at radius 3 is 1.67 bits per heavy atom. The molecular weight excluding hydrogens is 110 g/mol. The van der Waals surface area contributed by atoms with Gasteiger partial charge in [0.1, 0.15) is 0 Å². The lowest BCUT2D eigenvalue weighted by molar-refractivity contribution is 0.175. The van der Waals surface area contributed by atoms with Crippen LogP contribution in [0.1, 0.15) is 33.6 Å². The van der Waals surface area contributed by atoms with Crippen molar-refractivity contribution in [2.45, 2.75) is 39.2 Å². The zero-order valence-electron chi connectivity index (χ0n) is 6.78. The predicted octanol–water partition coefficient (Wildman–Crippen LogP) is 1.88. The Morgan fingerprint density at radius 1 is 1.00 bits per heavy atom. The van der Waals surface area contributed by atoms with Crippen LogP contribution in [0, 0.1) is 0 Å². The van der Waals surface area contributed by atoms with Gasteiger partial charge >= 0.3 is 0 Å². The Hall–Kier alpha value is -0.0400. The van der Waals surface area contributed by atoms with E-state index >= 15 is 0 Å². The average Bonchev–Trinajstić information content (AvgIpc) is 2.08. The van der Waals surface area contributed by atoms with Crippen LogP contribution in [-0.2, 0) is 0 Å². The average molecular weight is 127 g/mol. The fourth-order valence-corrected chi connectivity index (χ4v) is 1.39. The molecule has 0 saturated carbocycles. The third-order valence-electron chi connectivity index (χ3n) is 2.05. The molecule has 54 valence electrons. The Bertz CT molecular complexity index is 85.2. The fraction of sp³-hybridized carbons (Fsp3) is 1.00. The summed E-state index contributed by atoms with van der Waals surface area (Å²) < 4.78 is 0. The fourth-order valence-electron chi connectivity index (χ4n) is 1.39. The second kappa shape index (κ2) is 2.30. The largest absolute Gasteiger partial charge is 0.298 e. The lowest BCUT2D eigenvalue weighted by Gasteiger charge is -2.31. The van der Waals surface area contributed by atoms with Gasteiger partial charge in [-0.2, -0.15) is 0 Å². The SMILES string of the molecule is CC(C)(C)N1CCCC1. The van der Waals surface area contributed by atoms with Crippen molar-refractivity contribution in [1.82, 2.24) is 4.90 Å². The first kappa shape index (κ1) is 7.07. The molecule has 0 radical (unpaired) electrons. The van der Waals surface area contributed by atoms with E-state index in [1.807, 2.05) is 0 Å². The molecule has 0 unspecified atom stereocenters. The second-order valence-corrected chi connectivity index (χ2v) is 3.86. The summed E-state index contributed by atoms with van der Waals surface area (Å²) in [5.74, 6) is 0. The van der Waals surface area contributed by atoms with E-state index in [9.17, 15) is 0 Å². The zero-order valence-corrected chi connectivity index (χ0v) is 6.78. The van der Waals surface area contributed by atoms with Crippen LogP contribution in [0.3, 0.4) is 0 Å². The van der Waals surface area contributed by atoms with Crippen LogP contribution in [-0.4, -0.2) is 23.5 Å². The number of rotatable bonds is 0. The second-order valence-electron chi connectivity index (χ2n) is 3.86. The lowest BCUT2D eigenvalue weighted by atomic mass is 10.1. The summed E-state index contributed by atoms with van der Waals surface area (Å²) in [6.45, 7) is 9.49. The molecule has 1 rings (SSSR count). The molecule has 0 aromatic heterocycles. The number of nitrogens with zero attached hydrogens (tertiary/aromatic N) is 1. The van der Waals surface area contributed by atoms with Crippen LogP contribution in [0.4, 0.5) is 0 Å². The molecule has 1 aliphatic heterocycles. The molecule has 0 bridgehead atoms. The van der Waals surface area contributed by atoms with Crippen LogP contribution in [0.5, 0.6) is 0 Å². The first-order valence-electron chi connectivity index (χ1n) is 3.86. The first-order valence-corrected chi connectivity index (χ1v) is 3.86. The van der Waals surface area contributed by atoms with Crippen molar-refractivity contribution >= 4 is 0 Å². The van der Waals surface area contributed by atoms with Gasteiger partial charge in [0.25, 0.3) is 0 Å². The van der Waals surface area contributed by atoms with Gasteiger partial charge < -0.3 is 0 Å². The summed E-state index contributed by atoms with van der Waals surface area (Å²) >= 11 is 0. The van der Waals surface area contributed by atoms with Gasteiger partial charge in [-0.05, 0) is 46.7 Å². The van der Waals surface area contributed by atoms with Gasteiger partial charge in [-0.3, -0.25) is 4.90 Å². The van der Waals surface area contributed by atoms with Gasteiger partial charge in [0.2, 0.25) is 0 Å². The Kier molecular flexibility index (Phi) is 1.80. The molecular formula is C8H17N. The highest BCUT2D eigenvalue weighted by molar-refractivity contribution is 4.79. The van der Waals surface area contributed by atoms with Crippen molar-refractivity contribution in [3.63, 3.8) is 0 Å². The van der Waals surface area contributed by atoms with E-state index in [0.29, 0.717) is 5.54 Å². The quantitative estimate of drug-likeness (QED) is 0.480. The van der Waals surface area contributed by atoms with Crippen LogP contribution in [0.2, 0.25) is 0 Å². The highest BCUT2D eigenvalue weighted by Gasteiger charge is 2.23.